The summed E-state index contributed by atoms with van der Waals surface area (Å²) in [5.41, 5.74) is 3.43. The van der Waals surface area contributed by atoms with Gasteiger partial charge in [-0.1, -0.05) is 54.1 Å². The summed E-state index contributed by atoms with van der Waals surface area (Å²) in [6.07, 6.45) is 1.73. The van der Waals surface area contributed by atoms with Gasteiger partial charge in [0.05, 0.1) is 0 Å². The number of hydrogen-bond acceptors (Lipinski definition) is 1. The molecule has 0 aliphatic rings. The molecule has 17 heavy (non-hydrogen) atoms. The van der Waals surface area contributed by atoms with Gasteiger partial charge < -0.3 is 5.11 Å². The fraction of sp³-hybridized carbons (Fsp3) is 0.200. The summed E-state index contributed by atoms with van der Waals surface area (Å²) < 4.78 is 0. The zero-order chi connectivity index (χ0) is 12.1. The largest absolute Gasteiger partial charge is 0.396 e. The maximum absolute atomic E-state index is 8.78. The molecule has 0 unspecified atom stereocenters. The average molecular weight is 247 g/mol. The van der Waals surface area contributed by atoms with Crippen LogP contribution in [-0.4, -0.2) is 11.7 Å². The molecule has 2 rings (SSSR count). The Bertz CT molecular complexity index is 477. The summed E-state index contributed by atoms with van der Waals surface area (Å²) >= 11 is 6.15. The second kappa shape index (κ2) is 5.85. The average Bonchev–Trinajstić information content (AvgIpc) is 2.38. The smallest absolute Gasteiger partial charge is 0.0484 e. The van der Waals surface area contributed by atoms with Crippen molar-refractivity contribution >= 4 is 11.6 Å². The number of halogens is 1. The van der Waals surface area contributed by atoms with Crippen LogP contribution in [0.4, 0.5) is 0 Å². The van der Waals surface area contributed by atoms with Crippen molar-refractivity contribution in [1.29, 1.82) is 0 Å². The highest BCUT2D eigenvalue weighted by atomic mass is 35.5. The molecule has 0 fully saturated rings. The van der Waals surface area contributed by atoms with Crippen molar-refractivity contribution in [2.75, 3.05) is 6.61 Å². The molecule has 2 heteroatoms. The summed E-state index contributed by atoms with van der Waals surface area (Å²) in [5, 5.41) is 9.55. The number of hydrogen-bond donors (Lipinski definition) is 1. The van der Waals surface area contributed by atoms with Crippen molar-refractivity contribution in [3.05, 3.63) is 59.1 Å². The SMILES string of the molecule is OCCCc1ccc(-c2ccccc2Cl)cc1. The zero-order valence-electron chi connectivity index (χ0n) is 9.57. The van der Waals surface area contributed by atoms with Crippen LogP contribution in [0.3, 0.4) is 0 Å². The summed E-state index contributed by atoms with van der Waals surface area (Å²) in [6, 6.07) is 16.2. The highest BCUT2D eigenvalue weighted by Crippen LogP contribution is 2.27. The molecule has 0 radical (unpaired) electrons. The summed E-state index contributed by atoms with van der Waals surface area (Å²) in [6.45, 7) is 0.242. The number of aliphatic hydroxyl groups is 1. The number of benzene rings is 2. The van der Waals surface area contributed by atoms with E-state index < -0.39 is 0 Å². The molecule has 0 aliphatic carbocycles. The number of aliphatic hydroxyl groups excluding tert-OH is 1. The maximum Gasteiger partial charge on any atom is 0.0484 e. The van der Waals surface area contributed by atoms with Gasteiger partial charge in [0.2, 0.25) is 0 Å². The Kier molecular flexibility index (Phi) is 4.18. The summed E-state index contributed by atoms with van der Waals surface area (Å²) in [7, 11) is 0. The highest BCUT2D eigenvalue weighted by Gasteiger charge is 2.02. The molecule has 0 bridgehead atoms. The molecule has 88 valence electrons. The van der Waals surface area contributed by atoms with Gasteiger partial charge in [0.15, 0.2) is 0 Å². The molecule has 0 atom stereocenters. The normalized spacial score (nSPS) is 10.5. The second-order valence-corrected chi connectivity index (χ2v) is 4.41. The third-order valence-corrected chi connectivity index (χ3v) is 3.09. The molecule has 0 spiro atoms. The Morgan fingerprint density at radius 3 is 2.29 bits per heavy atom. The highest BCUT2D eigenvalue weighted by molar-refractivity contribution is 6.33. The first-order valence-electron chi connectivity index (χ1n) is 5.76. The minimum Gasteiger partial charge on any atom is -0.396 e. The van der Waals surface area contributed by atoms with Crippen LogP contribution < -0.4 is 0 Å². The second-order valence-electron chi connectivity index (χ2n) is 4.00. The van der Waals surface area contributed by atoms with E-state index in [1.54, 1.807) is 0 Å². The first-order chi connectivity index (χ1) is 8.31. The molecule has 2 aromatic carbocycles. The predicted octanol–water partition coefficient (Wildman–Crippen LogP) is 3.93. The van der Waals surface area contributed by atoms with E-state index in [0.717, 1.165) is 29.0 Å². The molecule has 0 saturated heterocycles. The molecule has 0 heterocycles. The lowest BCUT2D eigenvalue weighted by Crippen LogP contribution is -1.89. The third kappa shape index (κ3) is 3.09. The monoisotopic (exact) mass is 246 g/mol. The van der Waals surface area contributed by atoms with E-state index in [1.807, 2.05) is 24.3 Å². The molecule has 0 saturated carbocycles. The minimum absolute atomic E-state index is 0.242. The topological polar surface area (TPSA) is 20.2 Å². The molecule has 0 aliphatic heterocycles. The van der Waals surface area contributed by atoms with Gasteiger partial charge in [0, 0.05) is 17.2 Å². The van der Waals surface area contributed by atoms with E-state index in [1.165, 1.54) is 5.56 Å². The van der Waals surface area contributed by atoms with Gasteiger partial charge >= 0.3 is 0 Å². The summed E-state index contributed by atoms with van der Waals surface area (Å²) in [5.74, 6) is 0. The minimum atomic E-state index is 0.242. The van der Waals surface area contributed by atoms with Crippen LogP contribution >= 0.6 is 11.6 Å². The van der Waals surface area contributed by atoms with Gasteiger partial charge in [-0.25, -0.2) is 0 Å². The van der Waals surface area contributed by atoms with Crippen LogP contribution in [0.5, 0.6) is 0 Å². The van der Waals surface area contributed by atoms with Gasteiger partial charge in [0.25, 0.3) is 0 Å². The summed E-state index contributed by atoms with van der Waals surface area (Å²) in [4.78, 5) is 0. The fourth-order valence-electron chi connectivity index (χ4n) is 1.83. The molecule has 0 aromatic heterocycles. The Balaban J connectivity index is 2.21. The quantitative estimate of drug-likeness (QED) is 0.867. The number of aryl methyl sites for hydroxylation is 1. The van der Waals surface area contributed by atoms with Crippen LogP contribution in [0.25, 0.3) is 11.1 Å². The molecule has 1 N–H and O–H groups in total. The predicted molar refractivity (Wildman–Crippen MR) is 72.3 cm³/mol. The molecule has 0 amide bonds. The van der Waals surface area contributed by atoms with E-state index in [4.69, 9.17) is 16.7 Å². The van der Waals surface area contributed by atoms with Crippen LogP contribution in [0.2, 0.25) is 5.02 Å². The first kappa shape index (κ1) is 12.2. The zero-order valence-corrected chi connectivity index (χ0v) is 10.3. The Hall–Kier alpha value is -1.31. The van der Waals surface area contributed by atoms with Gasteiger partial charge in [-0.05, 0) is 30.0 Å². The van der Waals surface area contributed by atoms with Crippen LogP contribution in [0, 0.1) is 0 Å². The standard InChI is InChI=1S/C15H15ClO/c16-15-6-2-1-5-14(15)13-9-7-12(8-10-13)4-3-11-17/h1-2,5-10,17H,3-4,11H2. The molecule has 2 aromatic rings. The van der Waals surface area contributed by atoms with Crippen molar-refractivity contribution in [2.24, 2.45) is 0 Å². The molecular weight excluding hydrogens is 232 g/mol. The van der Waals surface area contributed by atoms with Gasteiger partial charge in [-0.2, -0.15) is 0 Å². The van der Waals surface area contributed by atoms with Gasteiger partial charge in [-0.3, -0.25) is 0 Å². The van der Waals surface area contributed by atoms with Crippen LogP contribution in [0.15, 0.2) is 48.5 Å². The van der Waals surface area contributed by atoms with Crippen LogP contribution in [0.1, 0.15) is 12.0 Å². The van der Waals surface area contributed by atoms with Crippen LogP contribution in [-0.2, 0) is 6.42 Å². The van der Waals surface area contributed by atoms with Crippen molar-refractivity contribution in [1.82, 2.24) is 0 Å². The van der Waals surface area contributed by atoms with E-state index in [0.29, 0.717) is 0 Å². The Morgan fingerprint density at radius 1 is 0.941 bits per heavy atom. The van der Waals surface area contributed by atoms with Crippen molar-refractivity contribution in [2.45, 2.75) is 12.8 Å². The van der Waals surface area contributed by atoms with Crippen molar-refractivity contribution < 1.29 is 5.11 Å². The van der Waals surface area contributed by atoms with Crippen molar-refractivity contribution in [3.63, 3.8) is 0 Å². The maximum atomic E-state index is 8.78. The van der Waals surface area contributed by atoms with Crippen molar-refractivity contribution in [3.8, 4) is 11.1 Å². The van der Waals surface area contributed by atoms with E-state index in [-0.39, 0.29) is 6.61 Å². The Morgan fingerprint density at radius 2 is 1.65 bits per heavy atom. The molecular formula is C15H15ClO. The van der Waals surface area contributed by atoms with Gasteiger partial charge in [0.1, 0.15) is 0 Å². The van der Waals surface area contributed by atoms with E-state index in [2.05, 4.69) is 24.3 Å². The lowest BCUT2D eigenvalue weighted by atomic mass is 10.0. The van der Waals surface area contributed by atoms with E-state index >= 15 is 0 Å². The first-order valence-corrected chi connectivity index (χ1v) is 6.14. The fourth-order valence-corrected chi connectivity index (χ4v) is 2.07. The third-order valence-electron chi connectivity index (χ3n) is 2.76. The molecule has 1 nitrogen and oxygen atoms in total. The van der Waals surface area contributed by atoms with Gasteiger partial charge in [-0.15, -0.1) is 0 Å². The lowest BCUT2D eigenvalue weighted by molar-refractivity contribution is 0.288. The Labute approximate surface area is 107 Å². The lowest BCUT2D eigenvalue weighted by Gasteiger charge is -2.05. The number of rotatable bonds is 4. The van der Waals surface area contributed by atoms with E-state index in [9.17, 15) is 0 Å².